The first-order chi connectivity index (χ1) is 9.86. The topological polar surface area (TPSA) is 0 Å². The van der Waals surface area contributed by atoms with Crippen molar-refractivity contribution in [3.63, 3.8) is 0 Å². The van der Waals surface area contributed by atoms with Crippen LogP contribution < -0.4 is 0 Å². The van der Waals surface area contributed by atoms with Crippen LogP contribution >= 0.6 is 0 Å². The minimum absolute atomic E-state index is 1.07. The predicted molar refractivity (Wildman–Crippen MR) is 86.9 cm³/mol. The highest BCUT2D eigenvalue weighted by Gasteiger charge is 2.05. The fraction of sp³-hybridized carbons (Fsp3) is 0. The van der Waals surface area contributed by atoms with E-state index in [0.717, 1.165) is 5.56 Å². The second kappa shape index (κ2) is 4.21. The van der Waals surface area contributed by atoms with Crippen LogP contribution in [-0.2, 0) is 0 Å². The molecule has 0 aliphatic rings. The van der Waals surface area contributed by atoms with Gasteiger partial charge in [-0.05, 0) is 56.1 Å². The molecule has 4 aromatic carbocycles. The molecule has 20 heavy (non-hydrogen) atoms. The molecular weight excluding hydrogens is 240 g/mol. The van der Waals surface area contributed by atoms with Gasteiger partial charge >= 0.3 is 0 Å². The van der Waals surface area contributed by atoms with Crippen LogP contribution in [0.15, 0.2) is 73.3 Å². The molecule has 0 nitrogen and oxygen atoms in total. The predicted octanol–water partition coefficient (Wildman–Crippen LogP) is 5.48. The van der Waals surface area contributed by atoms with E-state index in [0.29, 0.717) is 0 Å². The first-order valence-corrected chi connectivity index (χ1v) is 6.74. The summed E-state index contributed by atoms with van der Waals surface area (Å²) in [6, 6.07) is 23.6. The van der Waals surface area contributed by atoms with E-state index in [-0.39, 0.29) is 0 Å². The van der Waals surface area contributed by atoms with E-state index in [1.54, 1.807) is 0 Å². The molecule has 0 N–H and O–H groups in total. The fourth-order valence-electron chi connectivity index (χ4n) is 2.95. The Bertz CT molecular complexity index is 961. The van der Waals surface area contributed by atoms with E-state index in [1.165, 1.54) is 32.3 Å². The van der Waals surface area contributed by atoms with Crippen molar-refractivity contribution in [2.24, 2.45) is 0 Å². The number of hydrogen-bond donors (Lipinski definition) is 0. The number of rotatable bonds is 1. The highest BCUT2D eigenvalue weighted by atomic mass is 14.1. The van der Waals surface area contributed by atoms with Gasteiger partial charge in [0.1, 0.15) is 0 Å². The summed E-state index contributed by atoms with van der Waals surface area (Å²) in [7, 11) is 0. The van der Waals surface area contributed by atoms with Crippen LogP contribution in [0, 0.1) is 6.08 Å². The molecule has 4 aromatic rings. The molecular formula is C20H13. The Morgan fingerprint density at radius 2 is 1.35 bits per heavy atom. The van der Waals surface area contributed by atoms with Crippen molar-refractivity contribution in [1.82, 2.24) is 0 Å². The second-order valence-electron chi connectivity index (χ2n) is 5.07. The lowest BCUT2D eigenvalue weighted by molar-refractivity contribution is 1.67. The van der Waals surface area contributed by atoms with Crippen LogP contribution in [0.25, 0.3) is 32.3 Å². The van der Waals surface area contributed by atoms with Crippen molar-refractivity contribution < 1.29 is 0 Å². The highest BCUT2D eigenvalue weighted by Crippen LogP contribution is 2.31. The summed E-state index contributed by atoms with van der Waals surface area (Å²) in [4.78, 5) is 0. The van der Waals surface area contributed by atoms with Crippen molar-refractivity contribution in [3.05, 3.63) is 84.9 Å². The summed E-state index contributed by atoms with van der Waals surface area (Å²) in [6.45, 7) is 3.83. The number of fused-ring (bicyclic) bond motifs is 4. The van der Waals surface area contributed by atoms with Gasteiger partial charge in [-0.2, -0.15) is 0 Å². The third kappa shape index (κ3) is 1.55. The van der Waals surface area contributed by atoms with Gasteiger partial charge in [0.15, 0.2) is 0 Å². The average molecular weight is 253 g/mol. The first kappa shape index (κ1) is 11.2. The van der Waals surface area contributed by atoms with Gasteiger partial charge in [-0.15, -0.1) is 0 Å². The molecule has 0 saturated heterocycles. The number of benzene rings is 4. The van der Waals surface area contributed by atoms with E-state index in [4.69, 9.17) is 0 Å². The molecule has 1 radical (unpaired) electrons. The van der Waals surface area contributed by atoms with Crippen LogP contribution in [0.3, 0.4) is 0 Å². The van der Waals surface area contributed by atoms with Gasteiger partial charge in [0.25, 0.3) is 0 Å². The maximum absolute atomic E-state index is 3.83. The molecule has 0 atom stereocenters. The van der Waals surface area contributed by atoms with Crippen LogP contribution in [0.2, 0.25) is 0 Å². The lowest BCUT2D eigenvalue weighted by Crippen LogP contribution is -1.83. The smallest absolute Gasteiger partial charge is 0.00266 e. The van der Waals surface area contributed by atoms with Gasteiger partial charge < -0.3 is 0 Å². The molecule has 0 unspecified atom stereocenters. The number of hydrogen-bond acceptors (Lipinski definition) is 0. The van der Waals surface area contributed by atoms with Gasteiger partial charge in [-0.25, -0.2) is 0 Å². The SMILES string of the molecule is C=[C]c1cccc2ccc3cc4ccccc4cc3c12. The molecule has 4 rings (SSSR count). The third-order valence-electron chi connectivity index (χ3n) is 3.92. The van der Waals surface area contributed by atoms with E-state index >= 15 is 0 Å². The Hall–Kier alpha value is -2.60. The minimum atomic E-state index is 1.07. The Balaban J connectivity index is 2.28. The van der Waals surface area contributed by atoms with Gasteiger partial charge in [0.2, 0.25) is 0 Å². The maximum atomic E-state index is 3.83. The van der Waals surface area contributed by atoms with Gasteiger partial charge in [0.05, 0.1) is 0 Å². The zero-order valence-corrected chi connectivity index (χ0v) is 11.1. The quantitative estimate of drug-likeness (QED) is 0.311. The second-order valence-corrected chi connectivity index (χ2v) is 5.07. The van der Waals surface area contributed by atoms with Gasteiger partial charge in [-0.1, -0.05) is 61.2 Å². The normalized spacial score (nSPS) is 11.2. The fourth-order valence-corrected chi connectivity index (χ4v) is 2.95. The van der Waals surface area contributed by atoms with Crippen LogP contribution in [0.4, 0.5) is 0 Å². The Kier molecular flexibility index (Phi) is 2.37. The zero-order valence-electron chi connectivity index (χ0n) is 11.1. The molecule has 0 bridgehead atoms. The molecule has 0 heteroatoms. The Labute approximate surface area is 118 Å². The van der Waals surface area contributed by atoms with E-state index in [1.807, 2.05) is 0 Å². The first-order valence-electron chi connectivity index (χ1n) is 6.74. The molecule has 0 fully saturated rings. The van der Waals surface area contributed by atoms with E-state index < -0.39 is 0 Å². The van der Waals surface area contributed by atoms with Gasteiger partial charge in [0, 0.05) is 0 Å². The van der Waals surface area contributed by atoms with Crippen molar-refractivity contribution in [1.29, 1.82) is 0 Å². The molecule has 0 spiro atoms. The summed E-state index contributed by atoms with van der Waals surface area (Å²) in [5.74, 6) is 0. The molecule has 0 aliphatic carbocycles. The molecule has 0 aromatic heterocycles. The van der Waals surface area contributed by atoms with Crippen molar-refractivity contribution in [3.8, 4) is 0 Å². The molecule has 0 aliphatic heterocycles. The molecule has 0 heterocycles. The van der Waals surface area contributed by atoms with Crippen LogP contribution in [0.5, 0.6) is 0 Å². The lowest BCUT2D eigenvalue weighted by atomic mass is 9.95. The van der Waals surface area contributed by atoms with E-state index in [2.05, 4.69) is 79.4 Å². The lowest BCUT2D eigenvalue weighted by Gasteiger charge is -2.08. The summed E-state index contributed by atoms with van der Waals surface area (Å²) in [5, 5.41) is 7.56. The largest absolute Gasteiger partial charge is 0.0905 e. The monoisotopic (exact) mass is 253 g/mol. The Morgan fingerprint density at radius 3 is 2.15 bits per heavy atom. The summed E-state index contributed by atoms with van der Waals surface area (Å²) in [5.41, 5.74) is 1.07. The average Bonchev–Trinajstić information content (AvgIpc) is 2.52. The van der Waals surface area contributed by atoms with Crippen molar-refractivity contribution in [2.75, 3.05) is 0 Å². The summed E-state index contributed by atoms with van der Waals surface area (Å²) >= 11 is 0. The Morgan fingerprint density at radius 1 is 0.650 bits per heavy atom. The van der Waals surface area contributed by atoms with E-state index in [9.17, 15) is 0 Å². The van der Waals surface area contributed by atoms with Crippen LogP contribution in [0.1, 0.15) is 5.56 Å². The van der Waals surface area contributed by atoms with Crippen molar-refractivity contribution >= 4 is 32.3 Å². The highest BCUT2D eigenvalue weighted by molar-refractivity contribution is 6.13. The summed E-state index contributed by atoms with van der Waals surface area (Å²) < 4.78 is 0. The van der Waals surface area contributed by atoms with Crippen LogP contribution in [-0.4, -0.2) is 0 Å². The molecule has 0 amide bonds. The zero-order chi connectivity index (χ0) is 13.5. The molecule has 0 saturated carbocycles. The van der Waals surface area contributed by atoms with Gasteiger partial charge in [-0.3, -0.25) is 0 Å². The van der Waals surface area contributed by atoms with Crippen molar-refractivity contribution in [2.45, 2.75) is 0 Å². The molecule has 93 valence electrons. The maximum Gasteiger partial charge on any atom is -0.00266 e. The third-order valence-corrected chi connectivity index (χ3v) is 3.92. The minimum Gasteiger partial charge on any atom is -0.0905 e. The summed E-state index contributed by atoms with van der Waals surface area (Å²) in [6.07, 6.45) is 3.06. The standard InChI is InChI=1S/C20H13/c1-2-14-8-5-9-15-10-11-18-12-16-6-3-4-7-17(16)13-19(18)20(14)15/h3-13H,1H2.